The minimum absolute atomic E-state index is 0.180. The maximum absolute atomic E-state index is 12.2. The number of H-pyrrole nitrogens is 1. The molecular formula is C21H22N6O. The zero-order chi connectivity index (χ0) is 19.3. The van der Waals surface area contributed by atoms with Crippen molar-refractivity contribution in [3.8, 4) is 0 Å². The van der Waals surface area contributed by atoms with Crippen LogP contribution in [-0.2, 0) is 11.2 Å². The van der Waals surface area contributed by atoms with Gasteiger partial charge in [-0.1, -0.05) is 36.4 Å². The van der Waals surface area contributed by atoms with Crippen LogP contribution in [0.1, 0.15) is 5.69 Å². The molecule has 4 rings (SSSR count). The van der Waals surface area contributed by atoms with E-state index in [9.17, 15) is 4.79 Å². The maximum atomic E-state index is 12.2. The van der Waals surface area contributed by atoms with Crippen molar-refractivity contribution in [1.82, 2.24) is 20.3 Å². The molecule has 28 heavy (non-hydrogen) atoms. The summed E-state index contributed by atoms with van der Waals surface area (Å²) in [6.45, 7) is 1.06. The second-order valence-electron chi connectivity index (χ2n) is 6.63. The molecule has 1 amide bonds. The van der Waals surface area contributed by atoms with Crippen molar-refractivity contribution in [1.29, 1.82) is 0 Å². The van der Waals surface area contributed by atoms with Crippen LogP contribution in [0.5, 0.6) is 0 Å². The molecule has 0 aliphatic heterocycles. The van der Waals surface area contributed by atoms with E-state index in [-0.39, 0.29) is 5.91 Å². The van der Waals surface area contributed by atoms with Crippen LogP contribution in [0.2, 0.25) is 0 Å². The van der Waals surface area contributed by atoms with Gasteiger partial charge in [-0.3, -0.25) is 4.79 Å². The number of carbonyl (C=O) groups is 1. The number of aromatic amines is 1. The Bertz CT molecular complexity index is 1040. The molecule has 0 fully saturated rings. The molecule has 5 N–H and O–H groups in total. The second-order valence-corrected chi connectivity index (χ2v) is 6.63. The summed E-state index contributed by atoms with van der Waals surface area (Å²) in [4.78, 5) is 23.8. The molecule has 2 aromatic carbocycles. The lowest BCUT2D eigenvalue weighted by Crippen LogP contribution is -2.43. The zero-order valence-corrected chi connectivity index (χ0v) is 15.4. The summed E-state index contributed by atoms with van der Waals surface area (Å²) >= 11 is 0. The quantitative estimate of drug-likeness (QED) is 0.293. The Balaban J connectivity index is 1.42. The minimum Gasteiger partial charge on any atom is -0.382 e. The molecule has 7 heteroatoms. The first-order chi connectivity index (χ1) is 13.7. The van der Waals surface area contributed by atoms with Crippen LogP contribution in [0, 0.1) is 0 Å². The third-order valence-electron chi connectivity index (χ3n) is 4.65. The second kappa shape index (κ2) is 8.06. The molecule has 0 aliphatic carbocycles. The largest absolute Gasteiger partial charge is 0.382 e. The summed E-state index contributed by atoms with van der Waals surface area (Å²) in [5, 5.41) is 8.46. The summed E-state index contributed by atoms with van der Waals surface area (Å²) in [6, 6.07) is 15.5. The number of nitrogens with zero attached hydrogens (tertiary/aromatic N) is 2. The number of hydrogen-bond donors (Lipinski definition) is 4. The number of anilines is 1. The van der Waals surface area contributed by atoms with Crippen LogP contribution < -0.4 is 16.4 Å². The van der Waals surface area contributed by atoms with E-state index in [0.29, 0.717) is 19.5 Å². The Morgan fingerprint density at radius 3 is 2.36 bits per heavy atom. The minimum atomic E-state index is -0.608. The first kappa shape index (κ1) is 17.9. The Labute approximate surface area is 162 Å². The van der Waals surface area contributed by atoms with Crippen molar-refractivity contribution >= 4 is 33.4 Å². The lowest BCUT2D eigenvalue weighted by atomic mass is 10.1. The number of benzene rings is 2. The summed E-state index contributed by atoms with van der Waals surface area (Å²) < 4.78 is 0. The monoisotopic (exact) mass is 374 g/mol. The summed E-state index contributed by atoms with van der Waals surface area (Å²) in [6.07, 6.45) is 3.68. The van der Waals surface area contributed by atoms with Gasteiger partial charge in [0.15, 0.2) is 0 Å². The van der Waals surface area contributed by atoms with Crippen molar-refractivity contribution in [2.24, 2.45) is 5.73 Å². The summed E-state index contributed by atoms with van der Waals surface area (Å²) in [5.41, 5.74) is 9.71. The molecule has 142 valence electrons. The maximum Gasteiger partial charge on any atom is 0.237 e. The van der Waals surface area contributed by atoms with Gasteiger partial charge < -0.3 is 21.4 Å². The number of rotatable bonds is 7. The number of hydrogen-bond acceptors (Lipinski definition) is 5. The van der Waals surface area contributed by atoms with E-state index in [4.69, 9.17) is 10.7 Å². The standard InChI is InChI=1S/C21H22N6O/c22-17(11-14-12-23-13-26-14)21(28)25-10-9-24-20-15-5-1-3-7-18(15)27-19-8-4-2-6-16(19)20/h1-8,12-13,17H,9-11,22H2,(H,23,26)(H,24,27)(H,25,28)/t17-/m0/s1. The zero-order valence-electron chi connectivity index (χ0n) is 15.4. The molecule has 0 saturated carbocycles. The van der Waals surface area contributed by atoms with Gasteiger partial charge in [0.2, 0.25) is 5.91 Å². The van der Waals surface area contributed by atoms with E-state index >= 15 is 0 Å². The average molecular weight is 374 g/mol. The van der Waals surface area contributed by atoms with Crippen molar-refractivity contribution in [3.05, 3.63) is 66.7 Å². The van der Waals surface area contributed by atoms with Crippen LogP contribution in [0.25, 0.3) is 21.8 Å². The van der Waals surface area contributed by atoms with Crippen molar-refractivity contribution in [2.45, 2.75) is 12.5 Å². The fraction of sp³-hybridized carbons (Fsp3) is 0.190. The van der Waals surface area contributed by atoms with E-state index < -0.39 is 6.04 Å². The molecule has 0 unspecified atom stereocenters. The van der Waals surface area contributed by atoms with Gasteiger partial charge in [0.1, 0.15) is 0 Å². The van der Waals surface area contributed by atoms with Crippen molar-refractivity contribution < 1.29 is 4.79 Å². The number of nitrogens with two attached hydrogens (primary N) is 1. The first-order valence-corrected chi connectivity index (χ1v) is 9.24. The normalized spacial score (nSPS) is 12.2. The highest BCUT2D eigenvalue weighted by Crippen LogP contribution is 2.30. The molecule has 4 aromatic rings. The third-order valence-corrected chi connectivity index (χ3v) is 4.65. The average Bonchev–Trinajstić information content (AvgIpc) is 3.23. The van der Waals surface area contributed by atoms with E-state index in [1.54, 1.807) is 12.5 Å². The number of pyridine rings is 1. The number of para-hydroxylation sites is 2. The van der Waals surface area contributed by atoms with Crippen LogP contribution in [0.15, 0.2) is 61.1 Å². The smallest absolute Gasteiger partial charge is 0.237 e. The number of carbonyl (C=O) groups excluding carboxylic acids is 1. The highest BCUT2D eigenvalue weighted by molar-refractivity contribution is 6.07. The van der Waals surface area contributed by atoms with E-state index in [1.807, 2.05) is 36.4 Å². The van der Waals surface area contributed by atoms with Gasteiger partial charge in [0, 0.05) is 42.2 Å². The fourth-order valence-electron chi connectivity index (χ4n) is 3.26. The molecule has 1 atom stereocenters. The van der Waals surface area contributed by atoms with Gasteiger partial charge in [-0.05, 0) is 12.1 Å². The first-order valence-electron chi connectivity index (χ1n) is 9.24. The Hall–Kier alpha value is -3.45. The van der Waals surface area contributed by atoms with Crippen LogP contribution in [-0.4, -0.2) is 40.0 Å². The SMILES string of the molecule is N[C@@H](Cc1cnc[nH]1)C(=O)NCCNc1c2ccccc2nc2ccccc12. The molecule has 0 aliphatic rings. The Kier molecular flexibility index (Phi) is 5.16. The van der Waals surface area contributed by atoms with Gasteiger partial charge in [-0.15, -0.1) is 0 Å². The van der Waals surface area contributed by atoms with E-state index in [1.165, 1.54) is 0 Å². The Morgan fingerprint density at radius 1 is 1.04 bits per heavy atom. The van der Waals surface area contributed by atoms with Crippen LogP contribution in [0.4, 0.5) is 5.69 Å². The van der Waals surface area contributed by atoms with Gasteiger partial charge in [-0.25, -0.2) is 9.97 Å². The molecule has 0 spiro atoms. The Morgan fingerprint density at radius 2 is 1.71 bits per heavy atom. The summed E-state index contributed by atoms with van der Waals surface area (Å²) in [5.74, 6) is -0.180. The van der Waals surface area contributed by atoms with Crippen LogP contribution in [0.3, 0.4) is 0 Å². The number of fused-ring (bicyclic) bond motifs is 2. The number of aromatic nitrogens is 3. The van der Waals surface area contributed by atoms with Gasteiger partial charge in [0.05, 0.1) is 29.1 Å². The lowest BCUT2D eigenvalue weighted by Gasteiger charge is -2.15. The van der Waals surface area contributed by atoms with Crippen molar-refractivity contribution in [3.63, 3.8) is 0 Å². The van der Waals surface area contributed by atoms with E-state index in [2.05, 4.69) is 32.7 Å². The van der Waals surface area contributed by atoms with Crippen LogP contribution >= 0.6 is 0 Å². The van der Waals surface area contributed by atoms with Gasteiger partial charge in [0.25, 0.3) is 0 Å². The molecule has 7 nitrogen and oxygen atoms in total. The highest BCUT2D eigenvalue weighted by Gasteiger charge is 2.14. The molecule has 0 saturated heterocycles. The molecule has 2 heterocycles. The predicted molar refractivity (Wildman–Crippen MR) is 111 cm³/mol. The van der Waals surface area contributed by atoms with Crippen molar-refractivity contribution in [2.75, 3.05) is 18.4 Å². The molecule has 2 aromatic heterocycles. The van der Waals surface area contributed by atoms with Gasteiger partial charge >= 0.3 is 0 Å². The summed E-state index contributed by atoms with van der Waals surface area (Å²) in [7, 11) is 0. The molecule has 0 bridgehead atoms. The fourth-order valence-corrected chi connectivity index (χ4v) is 3.26. The van der Waals surface area contributed by atoms with E-state index in [0.717, 1.165) is 33.2 Å². The lowest BCUT2D eigenvalue weighted by molar-refractivity contribution is -0.122. The topological polar surface area (TPSA) is 109 Å². The predicted octanol–water partition coefficient (Wildman–Crippen LogP) is 2.21. The highest BCUT2D eigenvalue weighted by atomic mass is 16.2. The number of nitrogens with one attached hydrogen (secondary N) is 3. The number of amides is 1. The molecular weight excluding hydrogens is 352 g/mol. The van der Waals surface area contributed by atoms with Gasteiger partial charge in [-0.2, -0.15) is 0 Å². The third kappa shape index (κ3) is 3.79. The molecule has 0 radical (unpaired) electrons. The number of imidazole rings is 1.